The van der Waals surface area contributed by atoms with Gasteiger partial charge in [-0.15, -0.1) is 12.4 Å². The van der Waals surface area contributed by atoms with Gasteiger partial charge < -0.3 is 20.5 Å². The molecule has 9 heteroatoms. The molecule has 3 rings (SSSR count). The molecule has 3 N–H and O–H groups in total. The lowest BCUT2D eigenvalue weighted by Gasteiger charge is -2.31. The van der Waals surface area contributed by atoms with Crippen LogP contribution in [0.3, 0.4) is 0 Å². The number of nitrogens with two attached hydrogens (primary N) is 1. The monoisotopic (exact) mass is 416 g/mol. The van der Waals surface area contributed by atoms with Gasteiger partial charge in [0, 0.05) is 18.9 Å². The number of nitrogens with one attached hydrogen (secondary N) is 1. The first-order valence-electron chi connectivity index (χ1n) is 8.40. The summed E-state index contributed by atoms with van der Waals surface area (Å²) in [6.07, 6.45) is -3.66. The van der Waals surface area contributed by atoms with Crippen LogP contribution in [0.25, 0.3) is 0 Å². The van der Waals surface area contributed by atoms with Crippen LogP contribution in [-0.2, 0) is 15.7 Å². The highest BCUT2D eigenvalue weighted by Crippen LogP contribution is 2.38. The Labute approximate surface area is 166 Å². The third kappa shape index (κ3) is 5.15. The van der Waals surface area contributed by atoms with E-state index in [-0.39, 0.29) is 29.8 Å². The molecule has 0 unspecified atom stereocenters. The molecule has 1 heterocycles. The zero-order chi connectivity index (χ0) is 19.5. The normalized spacial score (nSPS) is 16.0. The number of benzene rings is 2. The topological polar surface area (TPSA) is 73.6 Å². The molecule has 0 spiro atoms. The lowest BCUT2D eigenvalue weighted by Crippen LogP contribution is -2.54. The SMILES string of the molecule is Cl.NC1(C(=O)Nc2ccc(Oc3ccccc3C(F)(F)F)cc2)CCOCC1. The van der Waals surface area contributed by atoms with E-state index in [9.17, 15) is 18.0 Å². The molecule has 2 aromatic carbocycles. The number of hydrogen-bond donors (Lipinski definition) is 2. The Morgan fingerprint density at radius 1 is 1.07 bits per heavy atom. The van der Waals surface area contributed by atoms with Gasteiger partial charge in [-0.25, -0.2) is 0 Å². The zero-order valence-corrected chi connectivity index (χ0v) is 15.6. The van der Waals surface area contributed by atoms with E-state index in [1.165, 1.54) is 30.3 Å². The van der Waals surface area contributed by atoms with Crippen LogP contribution >= 0.6 is 12.4 Å². The largest absolute Gasteiger partial charge is 0.457 e. The summed E-state index contributed by atoms with van der Waals surface area (Å²) < 4.78 is 49.6. The van der Waals surface area contributed by atoms with Gasteiger partial charge in [0.05, 0.1) is 5.56 Å². The fourth-order valence-corrected chi connectivity index (χ4v) is 2.74. The second-order valence-electron chi connectivity index (χ2n) is 6.34. The van der Waals surface area contributed by atoms with Crippen molar-refractivity contribution in [1.29, 1.82) is 0 Å². The number of para-hydroxylation sites is 1. The summed E-state index contributed by atoms with van der Waals surface area (Å²) in [6, 6.07) is 11.0. The third-order valence-electron chi connectivity index (χ3n) is 4.37. The molecule has 0 saturated carbocycles. The highest BCUT2D eigenvalue weighted by Gasteiger charge is 2.36. The molecule has 1 aliphatic heterocycles. The average Bonchev–Trinajstić information content (AvgIpc) is 2.63. The van der Waals surface area contributed by atoms with Crippen LogP contribution in [0.2, 0.25) is 0 Å². The van der Waals surface area contributed by atoms with Gasteiger partial charge in [0.25, 0.3) is 0 Å². The second kappa shape index (κ2) is 8.81. The number of hydrogen-bond acceptors (Lipinski definition) is 4. The van der Waals surface area contributed by atoms with Crippen LogP contribution in [0.15, 0.2) is 48.5 Å². The lowest BCUT2D eigenvalue weighted by atomic mass is 9.90. The van der Waals surface area contributed by atoms with E-state index in [4.69, 9.17) is 15.2 Å². The summed E-state index contributed by atoms with van der Waals surface area (Å²) in [7, 11) is 0. The van der Waals surface area contributed by atoms with E-state index in [1.807, 2.05) is 0 Å². The lowest BCUT2D eigenvalue weighted by molar-refractivity contribution is -0.138. The van der Waals surface area contributed by atoms with Crippen molar-refractivity contribution in [1.82, 2.24) is 0 Å². The molecule has 1 amide bonds. The van der Waals surface area contributed by atoms with Crippen molar-refractivity contribution in [3.63, 3.8) is 0 Å². The predicted octanol–water partition coefficient (Wildman–Crippen LogP) is 4.37. The number of carbonyl (C=O) groups is 1. The van der Waals surface area contributed by atoms with Crippen molar-refractivity contribution in [2.75, 3.05) is 18.5 Å². The van der Waals surface area contributed by atoms with E-state index < -0.39 is 17.3 Å². The molecular formula is C19H20ClF3N2O3. The van der Waals surface area contributed by atoms with Crippen LogP contribution in [-0.4, -0.2) is 24.7 Å². The van der Waals surface area contributed by atoms with Crippen molar-refractivity contribution >= 4 is 24.0 Å². The number of carbonyl (C=O) groups excluding carboxylic acids is 1. The fraction of sp³-hybridized carbons (Fsp3) is 0.316. The Morgan fingerprint density at radius 3 is 2.29 bits per heavy atom. The maximum absolute atomic E-state index is 13.0. The predicted molar refractivity (Wildman–Crippen MR) is 101 cm³/mol. The first kappa shape index (κ1) is 22.0. The maximum Gasteiger partial charge on any atom is 0.419 e. The molecule has 152 valence electrons. The molecule has 0 atom stereocenters. The molecule has 0 aromatic heterocycles. The molecule has 1 fully saturated rings. The number of amides is 1. The molecule has 5 nitrogen and oxygen atoms in total. The first-order valence-corrected chi connectivity index (χ1v) is 8.40. The highest BCUT2D eigenvalue weighted by atomic mass is 35.5. The van der Waals surface area contributed by atoms with E-state index in [1.54, 1.807) is 12.1 Å². The number of halogens is 4. The number of anilines is 1. The molecule has 2 aromatic rings. The molecule has 0 bridgehead atoms. The maximum atomic E-state index is 13.0. The van der Waals surface area contributed by atoms with Crippen molar-refractivity contribution in [2.24, 2.45) is 5.73 Å². The van der Waals surface area contributed by atoms with Gasteiger partial charge in [-0.05, 0) is 49.2 Å². The van der Waals surface area contributed by atoms with Crippen LogP contribution in [0, 0.1) is 0 Å². The van der Waals surface area contributed by atoms with Gasteiger partial charge in [0.15, 0.2) is 0 Å². The van der Waals surface area contributed by atoms with Gasteiger partial charge in [0.2, 0.25) is 5.91 Å². The molecule has 0 radical (unpaired) electrons. The van der Waals surface area contributed by atoms with Crippen LogP contribution in [0.5, 0.6) is 11.5 Å². The van der Waals surface area contributed by atoms with Crippen LogP contribution in [0.4, 0.5) is 18.9 Å². The fourth-order valence-electron chi connectivity index (χ4n) is 2.74. The highest BCUT2D eigenvalue weighted by molar-refractivity contribution is 5.98. The minimum atomic E-state index is -4.51. The standard InChI is InChI=1S/C19H19F3N2O3.ClH/c20-19(21,22)15-3-1-2-4-16(15)27-14-7-5-13(6-8-14)24-17(25)18(23)9-11-26-12-10-18;/h1-8H,9-12,23H2,(H,24,25);1H. The Bertz CT molecular complexity index is 807. The van der Waals surface area contributed by atoms with Crippen LogP contribution < -0.4 is 15.8 Å². The molecule has 1 saturated heterocycles. The summed E-state index contributed by atoms with van der Waals surface area (Å²) in [5.74, 6) is -0.384. The molecule has 1 aliphatic rings. The summed E-state index contributed by atoms with van der Waals surface area (Å²) in [5, 5.41) is 2.72. The van der Waals surface area contributed by atoms with Gasteiger partial charge in [-0.1, -0.05) is 12.1 Å². The summed E-state index contributed by atoms with van der Waals surface area (Å²) >= 11 is 0. The molecular weight excluding hydrogens is 397 g/mol. The second-order valence-corrected chi connectivity index (χ2v) is 6.34. The van der Waals surface area contributed by atoms with Crippen molar-refractivity contribution < 1.29 is 27.4 Å². The Morgan fingerprint density at radius 2 is 1.68 bits per heavy atom. The van der Waals surface area contributed by atoms with Crippen LogP contribution in [0.1, 0.15) is 18.4 Å². The number of ether oxygens (including phenoxy) is 2. The van der Waals surface area contributed by atoms with Gasteiger partial charge in [-0.2, -0.15) is 13.2 Å². The first-order chi connectivity index (χ1) is 12.8. The minimum Gasteiger partial charge on any atom is -0.457 e. The molecule has 0 aliphatic carbocycles. The minimum absolute atomic E-state index is 0. The average molecular weight is 417 g/mol. The van der Waals surface area contributed by atoms with E-state index in [0.29, 0.717) is 31.7 Å². The zero-order valence-electron chi connectivity index (χ0n) is 14.8. The Kier molecular flexibility index (Phi) is 6.92. The smallest absolute Gasteiger partial charge is 0.419 e. The summed E-state index contributed by atoms with van der Waals surface area (Å²) in [4.78, 5) is 12.4. The Hall–Kier alpha value is -2.29. The van der Waals surface area contributed by atoms with Gasteiger partial charge in [-0.3, -0.25) is 4.79 Å². The number of rotatable bonds is 4. The number of alkyl halides is 3. The third-order valence-corrected chi connectivity index (χ3v) is 4.37. The summed E-state index contributed by atoms with van der Waals surface area (Å²) in [5.41, 5.74) is 4.75. The van der Waals surface area contributed by atoms with E-state index in [2.05, 4.69) is 5.32 Å². The molecule has 28 heavy (non-hydrogen) atoms. The van der Waals surface area contributed by atoms with Crippen molar-refractivity contribution in [3.8, 4) is 11.5 Å². The van der Waals surface area contributed by atoms with Gasteiger partial charge >= 0.3 is 6.18 Å². The van der Waals surface area contributed by atoms with E-state index >= 15 is 0 Å². The van der Waals surface area contributed by atoms with Crippen molar-refractivity contribution in [2.45, 2.75) is 24.6 Å². The Balaban J connectivity index is 0.00000280. The van der Waals surface area contributed by atoms with Crippen molar-refractivity contribution in [3.05, 3.63) is 54.1 Å². The van der Waals surface area contributed by atoms with Gasteiger partial charge in [0.1, 0.15) is 17.0 Å². The van der Waals surface area contributed by atoms with E-state index in [0.717, 1.165) is 6.07 Å². The quantitative estimate of drug-likeness (QED) is 0.776. The summed E-state index contributed by atoms with van der Waals surface area (Å²) in [6.45, 7) is 0.852.